The molecule has 0 atom stereocenters. The molecular weight excluding hydrogens is 412 g/mol. The lowest BCUT2D eigenvalue weighted by molar-refractivity contribution is 0.0912. The number of amides is 1. The molecule has 1 fully saturated rings. The van der Waals surface area contributed by atoms with Crippen molar-refractivity contribution in [3.8, 4) is 0 Å². The molecule has 4 rings (SSSR count). The van der Waals surface area contributed by atoms with Crippen LogP contribution in [0.25, 0.3) is 5.65 Å². The van der Waals surface area contributed by atoms with Crippen molar-refractivity contribution in [3.63, 3.8) is 0 Å². The molecule has 0 aromatic carbocycles. The van der Waals surface area contributed by atoms with E-state index < -0.39 is 0 Å². The number of aromatic nitrogens is 2. The zero-order valence-electron chi connectivity index (χ0n) is 14.6. The SMILES string of the molecule is Cc1ccc(C(=O)NC2CCN(Cc3cn4cc(Br)ccc4n3)CC2)s1. The van der Waals surface area contributed by atoms with E-state index in [1.54, 1.807) is 11.3 Å². The fourth-order valence-corrected chi connectivity index (χ4v) is 4.49. The van der Waals surface area contributed by atoms with Crippen molar-refractivity contribution in [2.24, 2.45) is 0 Å². The van der Waals surface area contributed by atoms with Crippen LogP contribution in [0.1, 0.15) is 33.1 Å². The van der Waals surface area contributed by atoms with Crippen LogP contribution in [0, 0.1) is 6.92 Å². The molecule has 1 aliphatic rings. The Balaban J connectivity index is 1.31. The van der Waals surface area contributed by atoms with Crippen molar-refractivity contribution in [2.75, 3.05) is 13.1 Å². The number of imidazole rings is 1. The molecule has 136 valence electrons. The molecule has 1 saturated heterocycles. The zero-order chi connectivity index (χ0) is 18.1. The number of aryl methyl sites for hydroxylation is 1. The second-order valence-electron chi connectivity index (χ2n) is 6.78. The van der Waals surface area contributed by atoms with Gasteiger partial charge in [0, 0.05) is 47.4 Å². The summed E-state index contributed by atoms with van der Waals surface area (Å²) in [5.41, 5.74) is 2.05. The van der Waals surface area contributed by atoms with E-state index >= 15 is 0 Å². The first-order valence-corrected chi connectivity index (χ1v) is 10.4. The molecule has 3 aromatic rings. The first-order valence-electron chi connectivity index (χ1n) is 8.79. The summed E-state index contributed by atoms with van der Waals surface area (Å²) in [6, 6.07) is 8.19. The van der Waals surface area contributed by atoms with E-state index in [-0.39, 0.29) is 11.9 Å². The van der Waals surface area contributed by atoms with Crippen molar-refractivity contribution < 1.29 is 4.79 Å². The Labute approximate surface area is 165 Å². The number of nitrogens with zero attached hydrogens (tertiary/aromatic N) is 3. The van der Waals surface area contributed by atoms with Crippen LogP contribution in [0.2, 0.25) is 0 Å². The van der Waals surface area contributed by atoms with E-state index in [1.165, 1.54) is 4.88 Å². The molecule has 0 bridgehead atoms. The van der Waals surface area contributed by atoms with Crippen LogP contribution in [-0.4, -0.2) is 39.3 Å². The smallest absolute Gasteiger partial charge is 0.261 e. The highest BCUT2D eigenvalue weighted by Crippen LogP contribution is 2.18. The van der Waals surface area contributed by atoms with Crippen molar-refractivity contribution in [3.05, 3.63) is 56.6 Å². The molecule has 1 N–H and O–H groups in total. The minimum atomic E-state index is 0.0625. The normalized spacial score (nSPS) is 16.2. The number of rotatable bonds is 4. The molecule has 26 heavy (non-hydrogen) atoms. The number of pyridine rings is 1. The average molecular weight is 433 g/mol. The summed E-state index contributed by atoms with van der Waals surface area (Å²) in [7, 11) is 0. The van der Waals surface area contributed by atoms with Gasteiger partial charge in [0.2, 0.25) is 0 Å². The molecule has 0 radical (unpaired) electrons. The molecular formula is C19H21BrN4OS. The Morgan fingerprint density at radius 1 is 1.27 bits per heavy atom. The van der Waals surface area contributed by atoms with Gasteiger partial charge in [0.05, 0.1) is 10.6 Å². The third kappa shape index (κ3) is 4.00. The highest BCUT2D eigenvalue weighted by atomic mass is 79.9. The number of carbonyl (C=O) groups is 1. The van der Waals surface area contributed by atoms with Crippen LogP contribution in [0.5, 0.6) is 0 Å². The van der Waals surface area contributed by atoms with Crippen molar-refractivity contribution >= 4 is 38.8 Å². The molecule has 0 aliphatic carbocycles. The molecule has 0 spiro atoms. The Bertz CT molecular complexity index is 927. The van der Waals surface area contributed by atoms with Gasteiger partial charge >= 0.3 is 0 Å². The summed E-state index contributed by atoms with van der Waals surface area (Å²) >= 11 is 5.04. The van der Waals surface area contributed by atoms with Crippen LogP contribution < -0.4 is 5.32 Å². The summed E-state index contributed by atoms with van der Waals surface area (Å²) in [6.45, 7) is 4.83. The van der Waals surface area contributed by atoms with E-state index in [9.17, 15) is 4.79 Å². The third-order valence-electron chi connectivity index (χ3n) is 4.74. The molecule has 1 aliphatic heterocycles. The summed E-state index contributed by atoms with van der Waals surface area (Å²) < 4.78 is 3.10. The van der Waals surface area contributed by atoms with Gasteiger partial charge in [-0.2, -0.15) is 0 Å². The summed E-state index contributed by atoms with van der Waals surface area (Å²) in [5, 5.41) is 3.18. The molecule has 0 saturated carbocycles. The molecule has 7 heteroatoms. The van der Waals surface area contributed by atoms with E-state index in [0.29, 0.717) is 0 Å². The lowest BCUT2D eigenvalue weighted by Crippen LogP contribution is -2.44. The van der Waals surface area contributed by atoms with Gasteiger partial charge in [0.25, 0.3) is 5.91 Å². The van der Waals surface area contributed by atoms with E-state index in [0.717, 1.165) is 53.2 Å². The predicted molar refractivity (Wildman–Crippen MR) is 108 cm³/mol. The van der Waals surface area contributed by atoms with Gasteiger partial charge in [-0.05, 0) is 60.0 Å². The highest BCUT2D eigenvalue weighted by molar-refractivity contribution is 9.10. The monoisotopic (exact) mass is 432 g/mol. The Hall–Kier alpha value is -1.70. The lowest BCUT2D eigenvalue weighted by atomic mass is 10.0. The fourth-order valence-electron chi connectivity index (χ4n) is 3.37. The topological polar surface area (TPSA) is 49.6 Å². The number of hydrogen-bond donors (Lipinski definition) is 1. The number of carbonyl (C=O) groups excluding carboxylic acids is 1. The second-order valence-corrected chi connectivity index (χ2v) is 8.98. The minimum Gasteiger partial charge on any atom is -0.349 e. The Kier molecular flexibility index (Phi) is 5.11. The number of likely N-dealkylation sites (tertiary alicyclic amines) is 1. The lowest BCUT2D eigenvalue weighted by Gasteiger charge is -2.31. The quantitative estimate of drug-likeness (QED) is 0.680. The van der Waals surface area contributed by atoms with Crippen LogP contribution >= 0.6 is 27.3 Å². The number of piperidine rings is 1. The molecule has 3 aromatic heterocycles. The summed E-state index contributed by atoms with van der Waals surface area (Å²) in [5.74, 6) is 0.0625. The average Bonchev–Trinajstić information content (AvgIpc) is 3.22. The van der Waals surface area contributed by atoms with Gasteiger partial charge in [-0.3, -0.25) is 9.69 Å². The van der Waals surface area contributed by atoms with Crippen LogP contribution in [0.4, 0.5) is 0 Å². The van der Waals surface area contributed by atoms with E-state index in [2.05, 4.69) is 41.7 Å². The third-order valence-corrected chi connectivity index (χ3v) is 6.21. The van der Waals surface area contributed by atoms with Crippen LogP contribution in [0.3, 0.4) is 0 Å². The van der Waals surface area contributed by atoms with Crippen molar-refractivity contribution in [1.29, 1.82) is 0 Å². The standard InChI is InChI=1S/C19H21BrN4OS/c1-13-2-4-17(26-13)19(25)22-15-6-8-23(9-7-15)11-16-12-24-10-14(20)3-5-18(24)21-16/h2-5,10,12,15H,6-9,11H2,1H3,(H,22,25). The fraction of sp³-hybridized carbons (Fsp3) is 0.368. The summed E-state index contributed by atoms with van der Waals surface area (Å²) in [4.78, 5) is 21.4. The number of thiophene rings is 1. The Morgan fingerprint density at radius 3 is 2.81 bits per heavy atom. The molecule has 5 nitrogen and oxygen atoms in total. The van der Waals surface area contributed by atoms with Gasteiger partial charge in [-0.25, -0.2) is 4.98 Å². The minimum absolute atomic E-state index is 0.0625. The van der Waals surface area contributed by atoms with E-state index in [4.69, 9.17) is 0 Å². The van der Waals surface area contributed by atoms with E-state index in [1.807, 2.05) is 37.4 Å². The van der Waals surface area contributed by atoms with Gasteiger partial charge in [0.1, 0.15) is 5.65 Å². The van der Waals surface area contributed by atoms with Crippen molar-refractivity contribution in [2.45, 2.75) is 32.4 Å². The molecule has 1 amide bonds. The maximum atomic E-state index is 12.3. The Morgan fingerprint density at radius 2 is 2.08 bits per heavy atom. The predicted octanol–water partition coefficient (Wildman–Crippen LogP) is 3.86. The zero-order valence-corrected chi connectivity index (χ0v) is 17.0. The van der Waals surface area contributed by atoms with Gasteiger partial charge in [-0.1, -0.05) is 0 Å². The highest BCUT2D eigenvalue weighted by Gasteiger charge is 2.22. The second kappa shape index (κ2) is 7.50. The first-order chi connectivity index (χ1) is 12.6. The maximum Gasteiger partial charge on any atom is 0.261 e. The molecule has 4 heterocycles. The van der Waals surface area contributed by atoms with Gasteiger partial charge in [-0.15, -0.1) is 11.3 Å². The maximum absolute atomic E-state index is 12.3. The van der Waals surface area contributed by atoms with Crippen LogP contribution in [-0.2, 0) is 6.54 Å². The number of hydrogen-bond acceptors (Lipinski definition) is 4. The van der Waals surface area contributed by atoms with Crippen LogP contribution in [0.15, 0.2) is 41.1 Å². The number of fused-ring (bicyclic) bond motifs is 1. The van der Waals surface area contributed by atoms with Crippen molar-refractivity contribution in [1.82, 2.24) is 19.6 Å². The van der Waals surface area contributed by atoms with Gasteiger partial charge in [0.15, 0.2) is 0 Å². The largest absolute Gasteiger partial charge is 0.349 e. The number of nitrogens with one attached hydrogen (secondary N) is 1. The van der Waals surface area contributed by atoms with Gasteiger partial charge < -0.3 is 9.72 Å². The first kappa shape index (κ1) is 17.7. The molecule has 0 unspecified atom stereocenters. The number of halogens is 1. The summed E-state index contributed by atoms with van der Waals surface area (Å²) in [6.07, 6.45) is 6.08.